The lowest BCUT2D eigenvalue weighted by molar-refractivity contribution is 0.321. The largest absolute Gasteiger partial charge is 0.493 e. The van der Waals surface area contributed by atoms with E-state index in [1.165, 1.54) is 24.0 Å². The molecule has 2 aromatic rings. The predicted molar refractivity (Wildman–Crippen MR) is 79.7 cm³/mol. The van der Waals surface area contributed by atoms with Crippen molar-refractivity contribution >= 4 is 0 Å². The fourth-order valence-electron chi connectivity index (χ4n) is 2.13. The van der Waals surface area contributed by atoms with Crippen molar-refractivity contribution in [3.63, 3.8) is 0 Å². The second-order valence-electron chi connectivity index (χ2n) is 5.26. The summed E-state index contributed by atoms with van der Waals surface area (Å²) in [7, 11) is 0. The highest BCUT2D eigenvalue weighted by atomic mass is 16.5. The Morgan fingerprint density at radius 1 is 1.15 bits per heavy atom. The molecule has 0 spiro atoms. The predicted octanol–water partition coefficient (Wildman–Crippen LogP) is 2.96. The molecule has 3 rings (SSSR count). The SMILES string of the molecule is c1cncc(CCOc2cccc(CNC3CC3)c2)c1. The summed E-state index contributed by atoms with van der Waals surface area (Å²) in [6.07, 6.45) is 7.21. The van der Waals surface area contributed by atoms with Crippen LogP contribution in [0.5, 0.6) is 5.75 Å². The molecule has 0 unspecified atom stereocenters. The molecule has 0 radical (unpaired) electrons. The van der Waals surface area contributed by atoms with Crippen molar-refractivity contribution in [1.82, 2.24) is 10.3 Å². The normalized spacial score (nSPS) is 14.2. The summed E-state index contributed by atoms with van der Waals surface area (Å²) in [4.78, 5) is 4.11. The molecule has 0 bridgehead atoms. The van der Waals surface area contributed by atoms with Gasteiger partial charge in [0.25, 0.3) is 0 Å². The molecule has 1 aliphatic rings. The Morgan fingerprint density at radius 2 is 2.05 bits per heavy atom. The number of hydrogen-bond donors (Lipinski definition) is 1. The highest BCUT2D eigenvalue weighted by Crippen LogP contribution is 2.20. The minimum Gasteiger partial charge on any atom is -0.493 e. The van der Waals surface area contributed by atoms with Crippen molar-refractivity contribution in [1.29, 1.82) is 0 Å². The first-order chi connectivity index (χ1) is 9.90. The van der Waals surface area contributed by atoms with Crippen molar-refractivity contribution in [2.45, 2.75) is 31.8 Å². The van der Waals surface area contributed by atoms with Crippen molar-refractivity contribution in [2.75, 3.05) is 6.61 Å². The third-order valence-electron chi connectivity index (χ3n) is 3.45. The summed E-state index contributed by atoms with van der Waals surface area (Å²) in [5.74, 6) is 0.948. The monoisotopic (exact) mass is 268 g/mol. The van der Waals surface area contributed by atoms with E-state index in [4.69, 9.17) is 4.74 Å². The van der Waals surface area contributed by atoms with E-state index in [1.54, 1.807) is 6.20 Å². The van der Waals surface area contributed by atoms with Crippen LogP contribution in [0.1, 0.15) is 24.0 Å². The molecule has 0 amide bonds. The van der Waals surface area contributed by atoms with Crippen LogP contribution in [0.2, 0.25) is 0 Å². The maximum Gasteiger partial charge on any atom is 0.119 e. The number of hydrogen-bond acceptors (Lipinski definition) is 3. The number of benzene rings is 1. The van der Waals surface area contributed by atoms with E-state index in [1.807, 2.05) is 18.3 Å². The van der Waals surface area contributed by atoms with E-state index in [0.717, 1.165) is 24.8 Å². The first kappa shape index (κ1) is 13.1. The van der Waals surface area contributed by atoms with E-state index in [0.29, 0.717) is 6.61 Å². The molecule has 1 aromatic heterocycles. The fourth-order valence-corrected chi connectivity index (χ4v) is 2.13. The third kappa shape index (κ3) is 4.07. The Hall–Kier alpha value is -1.87. The Labute approximate surface area is 120 Å². The second kappa shape index (κ2) is 6.53. The molecule has 0 saturated heterocycles. The molecule has 0 atom stereocenters. The molecule has 104 valence electrons. The molecule has 1 saturated carbocycles. The average molecular weight is 268 g/mol. The Bertz CT molecular complexity index is 538. The van der Waals surface area contributed by atoms with Gasteiger partial charge in [-0.05, 0) is 42.2 Å². The number of pyridine rings is 1. The third-order valence-corrected chi connectivity index (χ3v) is 3.45. The van der Waals surface area contributed by atoms with E-state index in [2.05, 4.69) is 34.6 Å². The van der Waals surface area contributed by atoms with E-state index < -0.39 is 0 Å². The van der Waals surface area contributed by atoms with Gasteiger partial charge in [0, 0.05) is 31.4 Å². The maximum atomic E-state index is 5.82. The van der Waals surface area contributed by atoms with Gasteiger partial charge in [-0.3, -0.25) is 4.98 Å². The van der Waals surface area contributed by atoms with Crippen molar-refractivity contribution < 1.29 is 4.74 Å². The van der Waals surface area contributed by atoms with E-state index >= 15 is 0 Å². The minimum absolute atomic E-state index is 0.686. The Balaban J connectivity index is 1.47. The lowest BCUT2D eigenvalue weighted by atomic mass is 10.2. The molecular weight excluding hydrogens is 248 g/mol. The van der Waals surface area contributed by atoms with Gasteiger partial charge in [-0.25, -0.2) is 0 Å². The first-order valence-corrected chi connectivity index (χ1v) is 7.24. The number of nitrogens with one attached hydrogen (secondary N) is 1. The molecule has 1 aromatic carbocycles. The molecule has 1 heterocycles. The van der Waals surface area contributed by atoms with Crippen molar-refractivity contribution in [3.8, 4) is 5.75 Å². The molecule has 3 nitrogen and oxygen atoms in total. The van der Waals surface area contributed by atoms with Gasteiger partial charge < -0.3 is 10.1 Å². The lowest BCUT2D eigenvalue weighted by Gasteiger charge is -2.08. The van der Waals surface area contributed by atoms with E-state index in [9.17, 15) is 0 Å². The fraction of sp³-hybridized carbons (Fsp3) is 0.353. The number of ether oxygens (including phenoxy) is 1. The number of aromatic nitrogens is 1. The quantitative estimate of drug-likeness (QED) is 0.838. The maximum absolute atomic E-state index is 5.82. The number of nitrogens with zero attached hydrogens (tertiary/aromatic N) is 1. The van der Waals surface area contributed by atoms with Crippen LogP contribution in [0.4, 0.5) is 0 Å². The number of rotatable bonds is 7. The topological polar surface area (TPSA) is 34.1 Å². The van der Waals surface area contributed by atoms with Gasteiger partial charge in [0.15, 0.2) is 0 Å². The van der Waals surface area contributed by atoms with Crippen LogP contribution < -0.4 is 10.1 Å². The summed E-state index contributed by atoms with van der Waals surface area (Å²) in [5.41, 5.74) is 2.50. The summed E-state index contributed by atoms with van der Waals surface area (Å²) >= 11 is 0. The van der Waals surface area contributed by atoms with Crippen LogP contribution in [0, 0.1) is 0 Å². The highest BCUT2D eigenvalue weighted by molar-refractivity contribution is 5.28. The molecule has 20 heavy (non-hydrogen) atoms. The van der Waals surface area contributed by atoms with Crippen LogP contribution >= 0.6 is 0 Å². The second-order valence-corrected chi connectivity index (χ2v) is 5.26. The van der Waals surface area contributed by atoms with Gasteiger partial charge in [0.05, 0.1) is 6.61 Å². The zero-order valence-electron chi connectivity index (χ0n) is 11.6. The Morgan fingerprint density at radius 3 is 2.85 bits per heavy atom. The zero-order chi connectivity index (χ0) is 13.6. The van der Waals surface area contributed by atoms with Gasteiger partial charge in [-0.15, -0.1) is 0 Å². The van der Waals surface area contributed by atoms with Gasteiger partial charge >= 0.3 is 0 Å². The molecular formula is C17H20N2O. The molecule has 3 heteroatoms. The summed E-state index contributed by atoms with van der Waals surface area (Å²) in [6, 6.07) is 13.1. The van der Waals surface area contributed by atoms with Crippen LogP contribution in [0.15, 0.2) is 48.8 Å². The smallest absolute Gasteiger partial charge is 0.119 e. The highest BCUT2D eigenvalue weighted by Gasteiger charge is 2.19. The first-order valence-electron chi connectivity index (χ1n) is 7.24. The van der Waals surface area contributed by atoms with Crippen LogP contribution in [0.3, 0.4) is 0 Å². The van der Waals surface area contributed by atoms with Crippen LogP contribution in [-0.2, 0) is 13.0 Å². The molecule has 1 fully saturated rings. The summed E-state index contributed by atoms with van der Waals surface area (Å²) < 4.78 is 5.82. The lowest BCUT2D eigenvalue weighted by Crippen LogP contribution is -2.15. The Kier molecular flexibility index (Phi) is 4.28. The van der Waals surface area contributed by atoms with Crippen LogP contribution in [-0.4, -0.2) is 17.6 Å². The average Bonchev–Trinajstić information content (AvgIpc) is 3.31. The molecule has 1 aliphatic carbocycles. The van der Waals surface area contributed by atoms with Gasteiger partial charge in [-0.2, -0.15) is 0 Å². The minimum atomic E-state index is 0.686. The zero-order valence-corrected chi connectivity index (χ0v) is 11.6. The van der Waals surface area contributed by atoms with E-state index in [-0.39, 0.29) is 0 Å². The van der Waals surface area contributed by atoms with Crippen molar-refractivity contribution in [2.24, 2.45) is 0 Å². The van der Waals surface area contributed by atoms with Gasteiger partial charge in [0.2, 0.25) is 0 Å². The van der Waals surface area contributed by atoms with Gasteiger partial charge in [-0.1, -0.05) is 18.2 Å². The standard InChI is InChI=1S/C17H20N2O/c1-3-15(13-19-16-6-7-16)11-17(5-1)20-10-8-14-4-2-9-18-12-14/h1-5,9,11-12,16,19H,6-8,10,13H2. The van der Waals surface area contributed by atoms with Crippen molar-refractivity contribution in [3.05, 3.63) is 59.9 Å². The van der Waals surface area contributed by atoms with Gasteiger partial charge in [0.1, 0.15) is 5.75 Å². The summed E-state index contributed by atoms with van der Waals surface area (Å²) in [6.45, 7) is 1.62. The molecule has 1 N–H and O–H groups in total. The van der Waals surface area contributed by atoms with Crippen LogP contribution in [0.25, 0.3) is 0 Å². The summed E-state index contributed by atoms with van der Waals surface area (Å²) in [5, 5.41) is 3.52. The molecule has 0 aliphatic heterocycles.